The summed E-state index contributed by atoms with van der Waals surface area (Å²) in [6.07, 6.45) is -2.43. The van der Waals surface area contributed by atoms with E-state index in [9.17, 15) is 66.7 Å². The Labute approximate surface area is 270 Å². The summed E-state index contributed by atoms with van der Waals surface area (Å²) in [6, 6.07) is 6.65. The summed E-state index contributed by atoms with van der Waals surface area (Å²) in [6.45, 7) is 5.69. The number of hydrogen-bond acceptors (Lipinski definition) is 5. The molecule has 49 heavy (non-hydrogen) atoms. The highest BCUT2D eigenvalue weighted by molar-refractivity contribution is 5.88. The molecule has 0 aliphatic rings. The number of hydrogen-bond donors (Lipinski definition) is 0. The van der Waals surface area contributed by atoms with Crippen LogP contribution in [0.2, 0.25) is 0 Å². The van der Waals surface area contributed by atoms with Crippen LogP contribution in [0.15, 0.2) is 66.8 Å². The van der Waals surface area contributed by atoms with Gasteiger partial charge in [-0.25, -0.2) is 9.59 Å². The van der Waals surface area contributed by atoms with Crippen molar-refractivity contribution in [2.75, 3.05) is 13.2 Å². The van der Waals surface area contributed by atoms with E-state index in [0.29, 0.717) is 48.5 Å². The maximum atomic E-state index is 14.3. The summed E-state index contributed by atoms with van der Waals surface area (Å²) in [7, 11) is 0. The van der Waals surface area contributed by atoms with E-state index >= 15 is 0 Å². The first-order valence-corrected chi connectivity index (χ1v) is 13.9. The lowest BCUT2D eigenvalue weighted by molar-refractivity contribution is -0.441. The number of alkyl halides is 13. The lowest BCUT2D eigenvalue weighted by Crippen LogP contribution is -2.69. The molecule has 0 heterocycles. The normalized spacial score (nSPS) is 13.3. The summed E-state index contributed by atoms with van der Waals surface area (Å²) >= 11 is 0. The first-order chi connectivity index (χ1) is 22.4. The second kappa shape index (κ2) is 15.5. The van der Waals surface area contributed by atoms with Crippen molar-refractivity contribution in [2.24, 2.45) is 0 Å². The number of carbonyl (C=O) groups is 2. The molecule has 0 atom stereocenters. The number of halogens is 13. The van der Waals surface area contributed by atoms with E-state index in [-0.39, 0.29) is 18.7 Å². The molecule has 2 aromatic carbocycles. The molecule has 5 nitrogen and oxygen atoms in total. The van der Waals surface area contributed by atoms with Gasteiger partial charge in [0.15, 0.2) is 0 Å². The molecule has 272 valence electrons. The monoisotopic (exact) mass is 726 g/mol. The molecule has 0 spiro atoms. The third kappa shape index (κ3) is 9.26. The molecule has 0 aliphatic heterocycles. The van der Waals surface area contributed by atoms with E-state index in [1.807, 2.05) is 0 Å². The quantitative estimate of drug-likeness (QED) is 0.0535. The second-order valence-electron chi connectivity index (χ2n) is 10.4. The highest BCUT2D eigenvalue weighted by Gasteiger charge is 2.90. The van der Waals surface area contributed by atoms with Gasteiger partial charge in [-0.2, -0.15) is 57.1 Å². The molecule has 0 aromatic heterocycles. The van der Waals surface area contributed by atoms with Gasteiger partial charge in [0.25, 0.3) is 0 Å². The third-order valence-corrected chi connectivity index (χ3v) is 6.55. The Morgan fingerprint density at radius 3 is 1.65 bits per heavy atom. The van der Waals surface area contributed by atoms with Gasteiger partial charge in [-0.3, -0.25) is 0 Å². The topological polar surface area (TPSA) is 61.8 Å². The van der Waals surface area contributed by atoms with Crippen LogP contribution < -0.4 is 9.47 Å². The van der Waals surface area contributed by atoms with Crippen molar-refractivity contribution in [3.8, 4) is 11.5 Å². The second-order valence-corrected chi connectivity index (χ2v) is 10.4. The third-order valence-electron chi connectivity index (χ3n) is 6.55. The predicted octanol–water partition coefficient (Wildman–Crippen LogP) is 9.56. The molecule has 0 fully saturated rings. The van der Waals surface area contributed by atoms with Gasteiger partial charge in [0.2, 0.25) is 0 Å². The minimum absolute atomic E-state index is 0.114. The number of rotatable bonds is 17. The van der Waals surface area contributed by atoms with Crippen LogP contribution in [0.4, 0.5) is 57.1 Å². The average molecular weight is 727 g/mol. The average Bonchev–Trinajstić information content (AvgIpc) is 3.01. The van der Waals surface area contributed by atoms with Crippen LogP contribution in [0.25, 0.3) is 6.08 Å². The van der Waals surface area contributed by atoms with Crippen molar-refractivity contribution in [1.82, 2.24) is 0 Å². The first kappa shape index (κ1) is 40.9. The zero-order valence-electron chi connectivity index (χ0n) is 25.2. The van der Waals surface area contributed by atoms with Crippen LogP contribution in [0.3, 0.4) is 0 Å². The SMILES string of the molecule is C=C(C)C(=O)OCCCCCCOc1ccc(/C=C/C(=O)Oc2ccc(C(F)(F)C(F)(F)C(F)(F)C(F)(F)C(F)(F)C(F)(F)F)cc2)cc1. The Hall–Kier alpha value is -4.25. The van der Waals surface area contributed by atoms with E-state index in [4.69, 9.17) is 14.2 Å². The zero-order valence-corrected chi connectivity index (χ0v) is 25.2. The Balaban J connectivity index is 1.95. The Kier molecular flexibility index (Phi) is 13.0. The Morgan fingerprint density at radius 2 is 1.14 bits per heavy atom. The Bertz CT molecular complexity index is 1470. The molecule has 0 N–H and O–H groups in total. The number of unbranched alkanes of at least 4 members (excludes halogenated alkanes) is 3. The van der Waals surface area contributed by atoms with Crippen molar-refractivity contribution in [3.05, 3.63) is 77.9 Å². The van der Waals surface area contributed by atoms with Crippen LogP contribution in [0.1, 0.15) is 43.7 Å². The van der Waals surface area contributed by atoms with E-state index in [2.05, 4.69) is 6.58 Å². The molecule has 0 saturated carbocycles. The fourth-order valence-electron chi connectivity index (χ4n) is 3.71. The lowest BCUT2D eigenvalue weighted by atomic mass is 9.90. The molecular formula is C31H27F13O5. The summed E-state index contributed by atoms with van der Waals surface area (Å²) < 4.78 is 189. The standard InChI is InChI=1S/C31H27F13O5/c1-19(2)25(46)48-18-6-4-3-5-17-47-22-12-7-20(8-13-22)9-16-24(45)49-23-14-10-21(11-15-23)26(32,33)27(34,35)28(36,37)29(38,39)30(40,41)31(42,43)44/h7-16H,1,3-6,17-18H2,2H3/b16-9+. The van der Waals surface area contributed by atoms with E-state index in [0.717, 1.165) is 18.9 Å². The van der Waals surface area contributed by atoms with E-state index in [1.54, 1.807) is 19.1 Å². The highest BCUT2D eigenvalue weighted by atomic mass is 19.4. The van der Waals surface area contributed by atoms with E-state index in [1.165, 1.54) is 18.2 Å². The van der Waals surface area contributed by atoms with Crippen LogP contribution in [0, 0.1) is 0 Å². The maximum absolute atomic E-state index is 14.3. The van der Waals surface area contributed by atoms with Gasteiger partial charge in [0, 0.05) is 17.2 Å². The van der Waals surface area contributed by atoms with Crippen LogP contribution in [-0.2, 0) is 20.2 Å². The molecule has 0 aliphatic carbocycles. The van der Waals surface area contributed by atoms with Gasteiger partial charge in [-0.05, 0) is 80.6 Å². The summed E-state index contributed by atoms with van der Waals surface area (Å²) in [5, 5.41) is 0. The molecular weight excluding hydrogens is 699 g/mol. The number of esters is 2. The molecule has 0 unspecified atom stereocenters. The number of carbonyl (C=O) groups excluding carboxylic acids is 2. The van der Waals surface area contributed by atoms with Gasteiger partial charge < -0.3 is 14.2 Å². The number of benzene rings is 2. The van der Waals surface area contributed by atoms with Gasteiger partial charge >= 0.3 is 47.7 Å². The maximum Gasteiger partial charge on any atom is 0.460 e. The molecule has 18 heteroatoms. The molecule has 0 bridgehead atoms. The van der Waals surface area contributed by atoms with Crippen LogP contribution in [0.5, 0.6) is 11.5 Å². The van der Waals surface area contributed by atoms with Gasteiger partial charge in [-0.15, -0.1) is 0 Å². The summed E-state index contributed by atoms with van der Waals surface area (Å²) in [4.78, 5) is 23.3. The van der Waals surface area contributed by atoms with Crippen molar-refractivity contribution in [3.63, 3.8) is 0 Å². The van der Waals surface area contributed by atoms with Crippen molar-refractivity contribution < 1.29 is 80.9 Å². The summed E-state index contributed by atoms with van der Waals surface area (Å²) in [5.74, 6) is -39.4. The van der Waals surface area contributed by atoms with Crippen LogP contribution >= 0.6 is 0 Å². The smallest absolute Gasteiger partial charge is 0.460 e. The van der Waals surface area contributed by atoms with Gasteiger partial charge in [0.05, 0.1) is 13.2 Å². The Morgan fingerprint density at radius 1 is 0.653 bits per heavy atom. The minimum Gasteiger partial charge on any atom is -0.494 e. The fraction of sp³-hybridized carbons (Fsp3) is 0.419. The fourth-order valence-corrected chi connectivity index (χ4v) is 3.71. The minimum atomic E-state index is -8.01. The van der Waals surface area contributed by atoms with Gasteiger partial charge in [0.1, 0.15) is 11.5 Å². The van der Waals surface area contributed by atoms with E-state index < -0.39 is 59.0 Å². The predicted molar refractivity (Wildman–Crippen MR) is 147 cm³/mol. The van der Waals surface area contributed by atoms with Crippen molar-refractivity contribution in [1.29, 1.82) is 0 Å². The molecule has 2 aromatic rings. The van der Waals surface area contributed by atoms with Crippen LogP contribution in [-0.4, -0.2) is 55.0 Å². The number of ether oxygens (including phenoxy) is 3. The zero-order chi connectivity index (χ0) is 37.5. The molecule has 0 radical (unpaired) electrons. The highest BCUT2D eigenvalue weighted by Crippen LogP contribution is 2.62. The lowest BCUT2D eigenvalue weighted by Gasteiger charge is -2.39. The molecule has 0 saturated heterocycles. The summed E-state index contributed by atoms with van der Waals surface area (Å²) in [5.41, 5.74) is -1.45. The van der Waals surface area contributed by atoms with Crippen molar-refractivity contribution >= 4 is 18.0 Å². The molecule has 2 rings (SSSR count). The molecule has 0 amide bonds. The van der Waals surface area contributed by atoms with Gasteiger partial charge in [-0.1, -0.05) is 18.7 Å². The van der Waals surface area contributed by atoms with Crippen molar-refractivity contribution in [2.45, 2.75) is 68.4 Å². The largest absolute Gasteiger partial charge is 0.494 e. The first-order valence-electron chi connectivity index (χ1n) is 13.9.